The molecule has 0 unspecified atom stereocenters. The highest BCUT2D eigenvalue weighted by molar-refractivity contribution is 5.92. The van der Waals surface area contributed by atoms with Gasteiger partial charge in [0, 0.05) is 10.9 Å². The summed E-state index contributed by atoms with van der Waals surface area (Å²) in [6, 6.07) is 15.7. The summed E-state index contributed by atoms with van der Waals surface area (Å²) in [7, 11) is 0. The average Bonchev–Trinajstić information content (AvgIpc) is 3.21. The van der Waals surface area contributed by atoms with Crippen molar-refractivity contribution in [3.63, 3.8) is 0 Å². The molecule has 1 aromatic heterocycles. The Morgan fingerprint density at radius 3 is 2.71 bits per heavy atom. The van der Waals surface area contributed by atoms with E-state index in [9.17, 15) is 4.79 Å². The molecule has 0 saturated heterocycles. The largest absolute Gasteiger partial charge is 0.481 e. The van der Waals surface area contributed by atoms with Crippen LogP contribution in [0.25, 0.3) is 22.2 Å². The van der Waals surface area contributed by atoms with E-state index in [1.165, 1.54) is 0 Å². The van der Waals surface area contributed by atoms with Crippen LogP contribution in [0.4, 0.5) is 0 Å². The number of aromatic nitrogens is 1. The van der Waals surface area contributed by atoms with Gasteiger partial charge in [-0.05, 0) is 30.0 Å². The predicted octanol–water partition coefficient (Wildman–Crippen LogP) is 3.68. The minimum atomic E-state index is -0.714. The zero-order chi connectivity index (χ0) is 14.4. The van der Waals surface area contributed by atoms with Crippen molar-refractivity contribution in [1.29, 1.82) is 0 Å². The van der Waals surface area contributed by atoms with Crippen LogP contribution in [0.1, 0.15) is 17.9 Å². The first-order chi connectivity index (χ1) is 10.2. The second kappa shape index (κ2) is 4.45. The summed E-state index contributed by atoms with van der Waals surface area (Å²) in [5.41, 5.74) is 2.82. The molecule has 0 amide bonds. The van der Waals surface area contributed by atoms with Gasteiger partial charge in [-0.15, -0.1) is 0 Å². The number of hydrogen-bond acceptors (Lipinski definition) is 3. The van der Waals surface area contributed by atoms with Crippen LogP contribution < -0.4 is 0 Å². The molecule has 1 saturated carbocycles. The van der Waals surface area contributed by atoms with Crippen molar-refractivity contribution in [2.75, 3.05) is 0 Å². The Hall–Kier alpha value is -2.62. The van der Waals surface area contributed by atoms with Crippen molar-refractivity contribution in [2.45, 2.75) is 12.3 Å². The van der Waals surface area contributed by atoms with E-state index in [-0.39, 0.29) is 11.8 Å². The minimum absolute atomic E-state index is 0.116. The summed E-state index contributed by atoms with van der Waals surface area (Å²) < 4.78 is 5.46. The van der Waals surface area contributed by atoms with Crippen molar-refractivity contribution < 1.29 is 14.4 Å². The fraction of sp³-hybridized carbons (Fsp3) is 0.176. The summed E-state index contributed by atoms with van der Waals surface area (Å²) in [5.74, 6) is -0.110. The van der Waals surface area contributed by atoms with Crippen molar-refractivity contribution in [3.8, 4) is 11.3 Å². The van der Waals surface area contributed by atoms with Crippen LogP contribution in [0.2, 0.25) is 0 Å². The molecule has 0 aliphatic heterocycles. The Morgan fingerprint density at radius 2 is 2.00 bits per heavy atom. The third-order valence-electron chi connectivity index (χ3n) is 4.07. The van der Waals surface area contributed by atoms with Gasteiger partial charge in [0.2, 0.25) is 0 Å². The van der Waals surface area contributed by atoms with E-state index >= 15 is 0 Å². The molecule has 1 aliphatic carbocycles. The van der Waals surface area contributed by atoms with Crippen molar-refractivity contribution in [1.82, 2.24) is 5.16 Å². The Morgan fingerprint density at radius 1 is 1.19 bits per heavy atom. The number of carboxylic acid groups (broad SMARTS) is 1. The number of aliphatic carboxylic acids is 1. The standard InChI is InChI=1S/C17H13NO3/c19-17(20)13-9-12(13)11-6-7-15-14(8-11)16(21-18-15)10-4-2-1-3-5-10/h1-8,12-13H,9H2,(H,19,20)/t12-,13+/m0/s1. The topological polar surface area (TPSA) is 63.3 Å². The van der Waals surface area contributed by atoms with Crippen LogP contribution in [-0.4, -0.2) is 16.2 Å². The number of fused-ring (bicyclic) bond motifs is 1. The fourth-order valence-corrected chi connectivity index (χ4v) is 2.82. The molecule has 104 valence electrons. The molecular formula is C17H13NO3. The highest BCUT2D eigenvalue weighted by atomic mass is 16.5. The summed E-state index contributed by atoms with van der Waals surface area (Å²) in [5, 5.41) is 14.1. The molecule has 1 N–H and O–H groups in total. The lowest BCUT2D eigenvalue weighted by atomic mass is 10.0. The monoisotopic (exact) mass is 279 g/mol. The Bertz CT molecular complexity index is 822. The van der Waals surface area contributed by atoms with Crippen LogP contribution in [0.5, 0.6) is 0 Å². The molecule has 0 radical (unpaired) electrons. The van der Waals surface area contributed by atoms with E-state index in [0.29, 0.717) is 6.42 Å². The maximum atomic E-state index is 11.0. The second-order valence-electron chi connectivity index (χ2n) is 5.44. The maximum Gasteiger partial charge on any atom is 0.307 e. The first-order valence-electron chi connectivity index (χ1n) is 6.91. The highest BCUT2D eigenvalue weighted by Gasteiger charge is 2.44. The quantitative estimate of drug-likeness (QED) is 0.794. The summed E-state index contributed by atoms with van der Waals surface area (Å²) in [6.07, 6.45) is 0.715. The zero-order valence-corrected chi connectivity index (χ0v) is 11.2. The van der Waals surface area contributed by atoms with Gasteiger partial charge in [0.25, 0.3) is 0 Å². The van der Waals surface area contributed by atoms with Crippen LogP contribution in [-0.2, 0) is 4.79 Å². The average molecular weight is 279 g/mol. The molecule has 4 nitrogen and oxygen atoms in total. The van der Waals surface area contributed by atoms with Gasteiger partial charge in [0.05, 0.1) is 5.92 Å². The maximum absolute atomic E-state index is 11.0. The Balaban J connectivity index is 1.79. The molecule has 21 heavy (non-hydrogen) atoms. The van der Waals surface area contributed by atoms with Gasteiger partial charge >= 0.3 is 5.97 Å². The van der Waals surface area contributed by atoms with Crippen LogP contribution in [0, 0.1) is 5.92 Å². The highest BCUT2D eigenvalue weighted by Crippen LogP contribution is 2.48. The smallest absolute Gasteiger partial charge is 0.307 e. The number of nitrogens with zero attached hydrogens (tertiary/aromatic N) is 1. The lowest BCUT2D eigenvalue weighted by Gasteiger charge is -2.00. The number of carbonyl (C=O) groups is 1. The van der Waals surface area contributed by atoms with E-state index in [1.807, 2.05) is 48.5 Å². The van der Waals surface area contributed by atoms with E-state index in [2.05, 4.69) is 5.16 Å². The summed E-state index contributed by atoms with van der Waals surface area (Å²) >= 11 is 0. The third kappa shape index (κ3) is 2.00. The van der Waals surface area contributed by atoms with Gasteiger partial charge in [-0.25, -0.2) is 0 Å². The van der Waals surface area contributed by atoms with E-state index in [4.69, 9.17) is 9.63 Å². The lowest BCUT2D eigenvalue weighted by Crippen LogP contribution is -1.98. The molecular weight excluding hydrogens is 266 g/mol. The molecule has 1 aliphatic rings. The van der Waals surface area contributed by atoms with Gasteiger partial charge in [0.15, 0.2) is 5.76 Å². The van der Waals surface area contributed by atoms with Gasteiger partial charge < -0.3 is 9.63 Å². The van der Waals surface area contributed by atoms with Crippen LogP contribution in [0.15, 0.2) is 53.1 Å². The SMILES string of the molecule is O=C(O)[C@@H]1C[C@H]1c1ccc2noc(-c3ccccc3)c2c1. The fourth-order valence-electron chi connectivity index (χ4n) is 2.82. The first-order valence-corrected chi connectivity index (χ1v) is 6.91. The second-order valence-corrected chi connectivity index (χ2v) is 5.44. The van der Waals surface area contributed by atoms with Gasteiger partial charge in [-0.2, -0.15) is 0 Å². The van der Waals surface area contributed by atoms with Crippen molar-refractivity contribution in [3.05, 3.63) is 54.1 Å². The normalized spacial score (nSPS) is 20.6. The van der Waals surface area contributed by atoms with Gasteiger partial charge in [-0.1, -0.05) is 41.6 Å². The number of carboxylic acids is 1. The van der Waals surface area contributed by atoms with E-state index in [1.54, 1.807) is 0 Å². The molecule has 4 rings (SSSR count). The van der Waals surface area contributed by atoms with E-state index in [0.717, 1.165) is 27.8 Å². The minimum Gasteiger partial charge on any atom is -0.481 e. The Labute approximate surface area is 121 Å². The van der Waals surface area contributed by atoms with Gasteiger partial charge in [0.1, 0.15) is 5.52 Å². The molecule has 4 heteroatoms. The zero-order valence-electron chi connectivity index (χ0n) is 11.2. The molecule has 0 spiro atoms. The predicted molar refractivity (Wildman–Crippen MR) is 77.9 cm³/mol. The third-order valence-corrected chi connectivity index (χ3v) is 4.07. The van der Waals surface area contributed by atoms with Crippen molar-refractivity contribution in [2.24, 2.45) is 5.92 Å². The first kappa shape index (κ1) is 12.1. The van der Waals surface area contributed by atoms with Crippen molar-refractivity contribution >= 4 is 16.9 Å². The number of rotatable bonds is 3. The summed E-state index contributed by atoms with van der Waals surface area (Å²) in [4.78, 5) is 11.0. The molecule has 0 bridgehead atoms. The van der Waals surface area contributed by atoms with E-state index < -0.39 is 5.97 Å². The summed E-state index contributed by atoms with van der Waals surface area (Å²) in [6.45, 7) is 0. The molecule has 2 atom stereocenters. The molecule has 1 heterocycles. The number of benzene rings is 2. The lowest BCUT2D eigenvalue weighted by molar-refractivity contribution is -0.138. The number of hydrogen-bond donors (Lipinski definition) is 1. The molecule has 2 aromatic carbocycles. The van der Waals surface area contributed by atoms with Crippen LogP contribution >= 0.6 is 0 Å². The Kier molecular flexibility index (Phi) is 2.57. The molecule has 1 fully saturated rings. The van der Waals surface area contributed by atoms with Crippen LogP contribution in [0.3, 0.4) is 0 Å². The molecule has 3 aromatic rings. The van der Waals surface area contributed by atoms with Gasteiger partial charge in [-0.3, -0.25) is 4.79 Å².